The summed E-state index contributed by atoms with van der Waals surface area (Å²) in [6.07, 6.45) is -3.30. The van der Waals surface area contributed by atoms with Crippen molar-refractivity contribution in [3.8, 4) is 5.75 Å². The molecule has 0 radical (unpaired) electrons. The molecule has 0 bridgehead atoms. The topological polar surface area (TPSA) is 104 Å². The highest BCUT2D eigenvalue weighted by Gasteiger charge is 2.28. The lowest BCUT2D eigenvalue weighted by molar-refractivity contribution is -0.156. The van der Waals surface area contributed by atoms with Crippen LogP contribution in [-0.4, -0.2) is 40.3 Å². The third-order valence-electron chi connectivity index (χ3n) is 2.82. The van der Waals surface area contributed by atoms with Crippen LogP contribution < -0.4 is 0 Å². The van der Waals surface area contributed by atoms with Gasteiger partial charge in [0.25, 0.3) is 0 Å². The summed E-state index contributed by atoms with van der Waals surface area (Å²) in [6.45, 7) is 2.89. The van der Waals surface area contributed by atoms with Crippen molar-refractivity contribution >= 4 is 11.8 Å². The number of carbonyl (C=O) groups excluding carboxylic acids is 2. The molecule has 3 N–H and O–H groups in total. The number of benzene rings is 1. The van der Waals surface area contributed by atoms with Gasteiger partial charge in [0.2, 0.25) is 0 Å². The van der Waals surface area contributed by atoms with E-state index in [9.17, 15) is 24.9 Å². The molecule has 1 aromatic carbocycles. The number of aliphatic hydroxyl groups excluding tert-OH is 2. The number of phenols is 1. The van der Waals surface area contributed by atoms with E-state index in [1.165, 1.54) is 13.0 Å². The maximum atomic E-state index is 11.2. The Morgan fingerprint density at radius 2 is 1.84 bits per heavy atom. The first-order valence-corrected chi connectivity index (χ1v) is 5.58. The molecule has 6 heteroatoms. The first-order chi connectivity index (χ1) is 8.79. The van der Waals surface area contributed by atoms with Gasteiger partial charge in [0, 0.05) is 0 Å². The second-order valence-electron chi connectivity index (χ2n) is 4.19. The molecule has 1 rings (SSSR count). The van der Waals surface area contributed by atoms with Gasteiger partial charge >= 0.3 is 5.97 Å². The van der Waals surface area contributed by atoms with E-state index in [0.717, 1.165) is 13.2 Å². The van der Waals surface area contributed by atoms with Crippen LogP contribution in [0.5, 0.6) is 5.75 Å². The second-order valence-corrected chi connectivity index (χ2v) is 4.19. The van der Waals surface area contributed by atoms with E-state index in [4.69, 9.17) is 0 Å². The van der Waals surface area contributed by atoms with Gasteiger partial charge in [-0.1, -0.05) is 0 Å². The number of aliphatic hydroxyl groups is 2. The summed E-state index contributed by atoms with van der Waals surface area (Å²) in [7, 11) is 1.08. The smallest absolute Gasteiger partial charge is 0.337 e. The Kier molecular flexibility index (Phi) is 4.63. The number of hydrogen-bond donors (Lipinski definition) is 3. The largest absolute Gasteiger partial charge is 0.507 e. The minimum atomic E-state index is -1.76. The predicted molar refractivity (Wildman–Crippen MR) is 65.8 cm³/mol. The summed E-state index contributed by atoms with van der Waals surface area (Å²) in [6, 6.07) is 2.54. The van der Waals surface area contributed by atoms with Crippen LogP contribution in [0.3, 0.4) is 0 Å². The molecule has 0 saturated carbocycles. The predicted octanol–water partition coefficient (Wildman–Crippen LogP) is 0.471. The van der Waals surface area contributed by atoms with Gasteiger partial charge in [-0.15, -0.1) is 0 Å². The number of methoxy groups -OCH3 is 1. The molecule has 1 aromatic rings. The van der Waals surface area contributed by atoms with Crippen LogP contribution in [0.1, 0.15) is 34.5 Å². The Labute approximate surface area is 110 Å². The molecule has 104 valence electrons. The van der Waals surface area contributed by atoms with E-state index in [1.54, 1.807) is 6.92 Å². The summed E-state index contributed by atoms with van der Waals surface area (Å²) < 4.78 is 4.32. The summed E-state index contributed by atoms with van der Waals surface area (Å²) in [5, 5.41) is 29.1. The summed E-state index contributed by atoms with van der Waals surface area (Å²) in [5.74, 6) is -1.62. The molecule has 2 atom stereocenters. The Morgan fingerprint density at radius 3 is 2.32 bits per heavy atom. The van der Waals surface area contributed by atoms with Gasteiger partial charge in [-0.3, -0.25) is 4.79 Å². The standard InChI is InChI=1S/C13H16O6/c1-6-4-9(7(2)14)10(15)5-8(6)11(16)12(17)13(18)19-3/h4-5,11-12,15-17H,1-3H3. The third kappa shape index (κ3) is 3.10. The van der Waals surface area contributed by atoms with E-state index in [0.29, 0.717) is 5.56 Å². The van der Waals surface area contributed by atoms with E-state index >= 15 is 0 Å². The molecule has 0 aliphatic heterocycles. The average Bonchev–Trinajstić information content (AvgIpc) is 2.37. The number of hydrogen-bond acceptors (Lipinski definition) is 6. The number of rotatable bonds is 4. The van der Waals surface area contributed by atoms with Crippen molar-refractivity contribution in [2.75, 3.05) is 7.11 Å². The highest BCUT2D eigenvalue weighted by atomic mass is 16.5. The number of Topliss-reactive ketones (excluding diaryl/α,β-unsaturated/α-hetero) is 1. The summed E-state index contributed by atoms with van der Waals surface area (Å²) in [5.41, 5.74) is 0.736. The molecule has 0 amide bonds. The minimum absolute atomic E-state index is 0.112. The van der Waals surface area contributed by atoms with Crippen LogP contribution in [0.4, 0.5) is 0 Å². The van der Waals surface area contributed by atoms with E-state index in [-0.39, 0.29) is 22.7 Å². The Balaban J connectivity index is 3.18. The lowest BCUT2D eigenvalue weighted by Crippen LogP contribution is -2.29. The molecule has 0 saturated heterocycles. The van der Waals surface area contributed by atoms with Gasteiger partial charge in [-0.2, -0.15) is 0 Å². The lowest BCUT2D eigenvalue weighted by Gasteiger charge is -2.19. The monoisotopic (exact) mass is 268 g/mol. The number of esters is 1. The van der Waals surface area contributed by atoms with Crippen molar-refractivity contribution in [1.82, 2.24) is 0 Å². The SMILES string of the molecule is COC(=O)C(O)C(O)c1cc(O)c(C(C)=O)cc1C. The molecule has 6 nitrogen and oxygen atoms in total. The quantitative estimate of drug-likeness (QED) is 0.541. The van der Waals surface area contributed by atoms with Crippen LogP contribution in [0.15, 0.2) is 12.1 Å². The molecule has 0 aliphatic rings. The fourth-order valence-corrected chi connectivity index (χ4v) is 1.73. The maximum Gasteiger partial charge on any atom is 0.337 e. The molecular weight excluding hydrogens is 252 g/mol. The zero-order chi connectivity index (χ0) is 14.7. The number of ketones is 1. The molecule has 19 heavy (non-hydrogen) atoms. The number of phenolic OH excluding ortho intramolecular Hbond substituents is 1. The van der Waals surface area contributed by atoms with Gasteiger partial charge in [-0.25, -0.2) is 4.79 Å². The van der Waals surface area contributed by atoms with E-state index in [1.807, 2.05) is 0 Å². The number of ether oxygens (including phenoxy) is 1. The lowest BCUT2D eigenvalue weighted by atomic mass is 9.95. The molecule has 0 aliphatic carbocycles. The van der Waals surface area contributed by atoms with Gasteiger partial charge in [-0.05, 0) is 37.1 Å². The van der Waals surface area contributed by atoms with Crippen LogP contribution in [-0.2, 0) is 9.53 Å². The summed E-state index contributed by atoms with van der Waals surface area (Å²) >= 11 is 0. The van der Waals surface area contributed by atoms with Crippen molar-refractivity contribution in [3.63, 3.8) is 0 Å². The van der Waals surface area contributed by atoms with E-state index in [2.05, 4.69) is 4.74 Å². The zero-order valence-electron chi connectivity index (χ0n) is 10.9. The van der Waals surface area contributed by atoms with Crippen LogP contribution >= 0.6 is 0 Å². The number of aromatic hydroxyl groups is 1. The fraction of sp³-hybridized carbons (Fsp3) is 0.385. The van der Waals surface area contributed by atoms with E-state index < -0.39 is 18.2 Å². The summed E-state index contributed by atoms with van der Waals surface area (Å²) in [4.78, 5) is 22.4. The van der Waals surface area contributed by atoms with Crippen molar-refractivity contribution in [1.29, 1.82) is 0 Å². The Hall–Kier alpha value is -1.92. The molecule has 0 aromatic heterocycles. The average molecular weight is 268 g/mol. The molecule has 0 spiro atoms. The molecule has 0 heterocycles. The van der Waals surface area contributed by atoms with Gasteiger partial charge in [0.15, 0.2) is 11.9 Å². The minimum Gasteiger partial charge on any atom is -0.507 e. The molecule has 2 unspecified atom stereocenters. The first kappa shape index (κ1) is 15.1. The molecular formula is C13H16O6. The van der Waals surface area contributed by atoms with Crippen molar-refractivity contribution in [2.45, 2.75) is 26.1 Å². The number of carbonyl (C=O) groups is 2. The normalized spacial score (nSPS) is 13.7. The highest BCUT2D eigenvalue weighted by Crippen LogP contribution is 2.28. The third-order valence-corrected chi connectivity index (χ3v) is 2.82. The van der Waals surface area contributed by atoms with Crippen molar-refractivity contribution in [3.05, 3.63) is 28.8 Å². The van der Waals surface area contributed by atoms with Crippen LogP contribution in [0.25, 0.3) is 0 Å². The molecule has 0 fully saturated rings. The Bertz CT molecular complexity index is 508. The van der Waals surface area contributed by atoms with Crippen molar-refractivity contribution < 1.29 is 29.6 Å². The maximum absolute atomic E-state index is 11.2. The fourth-order valence-electron chi connectivity index (χ4n) is 1.73. The van der Waals surface area contributed by atoms with Crippen LogP contribution in [0.2, 0.25) is 0 Å². The van der Waals surface area contributed by atoms with Gasteiger partial charge < -0.3 is 20.1 Å². The first-order valence-electron chi connectivity index (χ1n) is 5.58. The zero-order valence-corrected chi connectivity index (χ0v) is 10.9. The van der Waals surface area contributed by atoms with Gasteiger partial charge in [0.1, 0.15) is 11.9 Å². The van der Waals surface area contributed by atoms with Crippen molar-refractivity contribution in [2.24, 2.45) is 0 Å². The van der Waals surface area contributed by atoms with Crippen LogP contribution in [0, 0.1) is 6.92 Å². The highest BCUT2D eigenvalue weighted by molar-refractivity contribution is 5.97. The number of aryl methyl sites for hydroxylation is 1. The Morgan fingerprint density at radius 1 is 1.26 bits per heavy atom. The second kappa shape index (κ2) is 5.81. The van der Waals surface area contributed by atoms with Gasteiger partial charge in [0.05, 0.1) is 12.7 Å².